The number of piperidine rings is 1. The van der Waals surface area contributed by atoms with Crippen molar-refractivity contribution in [3.05, 3.63) is 30.1 Å². The number of esters is 1. The molecule has 1 aliphatic heterocycles. The zero-order valence-corrected chi connectivity index (χ0v) is 10.1. The quantitative estimate of drug-likeness (QED) is 0.745. The number of carbonyl (C=O) groups excluding carboxylic acids is 1. The number of rotatable bonds is 3. The zero-order valence-electron chi connectivity index (χ0n) is 10.1. The zero-order chi connectivity index (χ0) is 12.1. The maximum Gasteiger partial charge on any atom is 0.323 e. The van der Waals surface area contributed by atoms with Crippen LogP contribution in [0.2, 0.25) is 0 Å². The molecule has 1 fully saturated rings. The minimum Gasteiger partial charge on any atom is -0.468 e. The third-order valence-electron chi connectivity index (χ3n) is 3.20. The molecule has 0 saturated carbocycles. The highest BCUT2D eigenvalue weighted by molar-refractivity contribution is 5.75. The van der Waals surface area contributed by atoms with Crippen LogP contribution in [0.25, 0.3) is 0 Å². The third kappa shape index (κ3) is 3.03. The molecule has 1 aromatic heterocycles. The van der Waals surface area contributed by atoms with Gasteiger partial charge in [0.2, 0.25) is 0 Å². The lowest BCUT2D eigenvalue weighted by Crippen LogP contribution is -2.44. The van der Waals surface area contributed by atoms with Crippen molar-refractivity contribution in [2.24, 2.45) is 0 Å². The number of ether oxygens (including phenoxy) is 1. The Morgan fingerprint density at radius 1 is 1.59 bits per heavy atom. The van der Waals surface area contributed by atoms with Crippen LogP contribution in [0.3, 0.4) is 0 Å². The van der Waals surface area contributed by atoms with Crippen molar-refractivity contribution in [2.75, 3.05) is 13.7 Å². The van der Waals surface area contributed by atoms with Crippen LogP contribution in [0.15, 0.2) is 24.5 Å². The van der Waals surface area contributed by atoms with Gasteiger partial charge in [-0.1, -0.05) is 12.5 Å². The highest BCUT2D eigenvalue weighted by Crippen LogP contribution is 2.20. The number of hydrogen-bond acceptors (Lipinski definition) is 4. The van der Waals surface area contributed by atoms with Crippen molar-refractivity contribution in [3.8, 4) is 0 Å². The van der Waals surface area contributed by atoms with Gasteiger partial charge in [-0.3, -0.25) is 14.7 Å². The van der Waals surface area contributed by atoms with E-state index in [4.69, 9.17) is 4.74 Å². The summed E-state index contributed by atoms with van der Waals surface area (Å²) in [5, 5.41) is 0. The van der Waals surface area contributed by atoms with Crippen molar-refractivity contribution in [1.29, 1.82) is 0 Å². The molecule has 0 aromatic carbocycles. The summed E-state index contributed by atoms with van der Waals surface area (Å²) >= 11 is 0. The molecule has 0 unspecified atom stereocenters. The average molecular weight is 234 g/mol. The molecule has 2 rings (SSSR count). The predicted octanol–water partition coefficient (Wildman–Crippen LogP) is 1.61. The Bertz CT molecular complexity index is 367. The van der Waals surface area contributed by atoms with Gasteiger partial charge in [0.25, 0.3) is 0 Å². The molecule has 1 aromatic rings. The summed E-state index contributed by atoms with van der Waals surface area (Å²) in [5.74, 6) is -0.117. The molecule has 92 valence electrons. The van der Waals surface area contributed by atoms with Gasteiger partial charge in [0, 0.05) is 18.9 Å². The summed E-state index contributed by atoms with van der Waals surface area (Å²) in [6.45, 7) is 1.72. The van der Waals surface area contributed by atoms with E-state index >= 15 is 0 Å². The first-order chi connectivity index (χ1) is 8.31. The molecule has 2 heterocycles. The summed E-state index contributed by atoms with van der Waals surface area (Å²) in [5.41, 5.74) is 1.14. The van der Waals surface area contributed by atoms with Crippen molar-refractivity contribution in [2.45, 2.75) is 31.8 Å². The first-order valence-corrected chi connectivity index (χ1v) is 6.02. The first-order valence-electron chi connectivity index (χ1n) is 6.02. The van der Waals surface area contributed by atoms with Crippen molar-refractivity contribution >= 4 is 5.97 Å². The van der Waals surface area contributed by atoms with E-state index in [-0.39, 0.29) is 12.0 Å². The molecule has 0 N–H and O–H groups in total. The lowest BCUT2D eigenvalue weighted by atomic mass is 10.0. The van der Waals surface area contributed by atoms with E-state index in [1.54, 1.807) is 6.20 Å². The lowest BCUT2D eigenvalue weighted by molar-refractivity contribution is -0.148. The Balaban J connectivity index is 2.04. The Morgan fingerprint density at radius 2 is 2.47 bits per heavy atom. The molecule has 0 spiro atoms. The van der Waals surface area contributed by atoms with Gasteiger partial charge in [-0.15, -0.1) is 0 Å². The first kappa shape index (κ1) is 12.0. The number of carbonyl (C=O) groups is 1. The molecular weight excluding hydrogens is 216 g/mol. The summed E-state index contributed by atoms with van der Waals surface area (Å²) in [4.78, 5) is 18.0. The standard InChI is InChI=1S/C13H18N2O2/c1-17-13(16)12-6-2-3-8-15(12)10-11-5-4-7-14-9-11/h4-5,7,9,12H,2-3,6,8,10H2,1H3/t12-/m1/s1. The van der Waals surface area contributed by atoms with Crippen molar-refractivity contribution in [3.63, 3.8) is 0 Å². The summed E-state index contributed by atoms with van der Waals surface area (Å²) in [6.07, 6.45) is 6.75. The highest BCUT2D eigenvalue weighted by Gasteiger charge is 2.29. The van der Waals surface area contributed by atoms with E-state index in [1.165, 1.54) is 7.11 Å². The van der Waals surface area contributed by atoms with Gasteiger partial charge in [0.1, 0.15) is 6.04 Å². The summed E-state index contributed by atoms with van der Waals surface area (Å²) < 4.78 is 4.86. The number of likely N-dealkylation sites (tertiary alicyclic amines) is 1. The van der Waals surface area contributed by atoms with Crippen molar-refractivity contribution < 1.29 is 9.53 Å². The SMILES string of the molecule is COC(=O)[C@H]1CCCCN1Cc1cccnc1. The van der Waals surface area contributed by atoms with Gasteiger partial charge in [-0.2, -0.15) is 0 Å². The molecule has 17 heavy (non-hydrogen) atoms. The summed E-state index contributed by atoms with van der Waals surface area (Å²) in [6, 6.07) is 3.87. The van der Waals surface area contributed by atoms with Gasteiger partial charge in [-0.25, -0.2) is 0 Å². The van der Waals surface area contributed by atoms with Crippen LogP contribution in [0.1, 0.15) is 24.8 Å². The van der Waals surface area contributed by atoms with Gasteiger partial charge in [0.15, 0.2) is 0 Å². The Kier molecular flexibility index (Phi) is 4.09. The second-order valence-electron chi connectivity index (χ2n) is 4.37. The van der Waals surface area contributed by atoms with Gasteiger partial charge >= 0.3 is 5.97 Å². The molecule has 0 bridgehead atoms. The molecule has 4 heteroatoms. The molecule has 1 atom stereocenters. The smallest absolute Gasteiger partial charge is 0.323 e. The van der Waals surface area contributed by atoms with Crippen LogP contribution in [0.4, 0.5) is 0 Å². The van der Waals surface area contributed by atoms with E-state index in [2.05, 4.69) is 9.88 Å². The molecule has 0 radical (unpaired) electrons. The minimum absolute atomic E-state index is 0.0889. The second kappa shape index (κ2) is 5.77. The Morgan fingerprint density at radius 3 is 3.18 bits per heavy atom. The molecule has 0 amide bonds. The minimum atomic E-state index is -0.117. The summed E-state index contributed by atoms with van der Waals surface area (Å²) in [7, 11) is 1.46. The normalized spacial score (nSPS) is 21.1. The van der Waals surface area contributed by atoms with Crippen LogP contribution in [0, 0.1) is 0 Å². The molecular formula is C13H18N2O2. The predicted molar refractivity (Wildman–Crippen MR) is 64.3 cm³/mol. The second-order valence-corrected chi connectivity index (χ2v) is 4.37. The van der Waals surface area contributed by atoms with Crippen molar-refractivity contribution in [1.82, 2.24) is 9.88 Å². The topological polar surface area (TPSA) is 42.4 Å². The molecule has 0 aliphatic carbocycles. The van der Waals surface area contributed by atoms with Crippen LogP contribution in [-0.2, 0) is 16.1 Å². The van der Waals surface area contributed by atoms with Crippen LogP contribution in [-0.4, -0.2) is 35.5 Å². The third-order valence-corrected chi connectivity index (χ3v) is 3.20. The number of pyridine rings is 1. The fraction of sp³-hybridized carbons (Fsp3) is 0.538. The number of nitrogens with zero attached hydrogens (tertiary/aromatic N) is 2. The van der Waals surface area contributed by atoms with Crippen LogP contribution >= 0.6 is 0 Å². The fourth-order valence-corrected chi connectivity index (χ4v) is 2.31. The van der Waals surface area contributed by atoms with E-state index in [1.807, 2.05) is 18.3 Å². The maximum absolute atomic E-state index is 11.7. The fourth-order valence-electron chi connectivity index (χ4n) is 2.31. The molecule has 4 nitrogen and oxygen atoms in total. The number of aromatic nitrogens is 1. The van der Waals surface area contributed by atoms with E-state index in [9.17, 15) is 4.79 Å². The monoisotopic (exact) mass is 234 g/mol. The van der Waals surface area contributed by atoms with Crippen LogP contribution in [0.5, 0.6) is 0 Å². The van der Waals surface area contributed by atoms with Gasteiger partial charge in [0.05, 0.1) is 7.11 Å². The Hall–Kier alpha value is -1.42. The number of hydrogen-bond donors (Lipinski definition) is 0. The highest BCUT2D eigenvalue weighted by atomic mass is 16.5. The van der Waals surface area contributed by atoms with E-state index in [0.29, 0.717) is 0 Å². The van der Waals surface area contributed by atoms with E-state index < -0.39 is 0 Å². The largest absolute Gasteiger partial charge is 0.468 e. The van der Waals surface area contributed by atoms with E-state index in [0.717, 1.165) is 37.9 Å². The van der Waals surface area contributed by atoms with Crippen LogP contribution < -0.4 is 0 Å². The maximum atomic E-state index is 11.7. The lowest BCUT2D eigenvalue weighted by Gasteiger charge is -2.33. The molecule has 1 aliphatic rings. The van der Waals surface area contributed by atoms with Gasteiger partial charge < -0.3 is 4.74 Å². The van der Waals surface area contributed by atoms with Gasteiger partial charge in [-0.05, 0) is 31.0 Å². The number of methoxy groups -OCH3 is 1. The molecule has 1 saturated heterocycles. The Labute approximate surface area is 102 Å². The average Bonchev–Trinajstić information content (AvgIpc) is 2.40.